The van der Waals surface area contributed by atoms with Crippen LogP contribution in [0, 0.1) is 0 Å². The van der Waals surface area contributed by atoms with Crippen LogP contribution in [0.2, 0.25) is 0 Å². The summed E-state index contributed by atoms with van der Waals surface area (Å²) in [5.74, 6) is -0.542. The third-order valence-corrected chi connectivity index (χ3v) is 4.49. The summed E-state index contributed by atoms with van der Waals surface area (Å²) in [5, 5.41) is 8.55. The van der Waals surface area contributed by atoms with Crippen LogP contribution in [0.25, 0.3) is 11.2 Å². The molecule has 0 spiro atoms. The molecule has 4 rings (SSSR count). The van der Waals surface area contributed by atoms with Gasteiger partial charge in [-0.25, -0.2) is 9.97 Å². The Bertz CT molecular complexity index is 1350. The van der Waals surface area contributed by atoms with Crippen molar-refractivity contribution in [3.05, 3.63) is 76.2 Å². The van der Waals surface area contributed by atoms with Crippen LogP contribution in [0.4, 0.5) is 11.6 Å². The lowest BCUT2D eigenvalue weighted by Gasteiger charge is -2.07. The van der Waals surface area contributed by atoms with Crippen molar-refractivity contribution in [2.24, 2.45) is 0 Å². The molecule has 33 heavy (non-hydrogen) atoms. The lowest BCUT2D eigenvalue weighted by molar-refractivity contribution is 0.0925. The minimum atomic E-state index is -0.556. The Hall–Kier alpha value is -4.74. The van der Waals surface area contributed by atoms with Gasteiger partial charge in [-0.2, -0.15) is 4.98 Å². The van der Waals surface area contributed by atoms with Crippen LogP contribution in [0.3, 0.4) is 0 Å². The molecule has 0 fully saturated rings. The van der Waals surface area contributed by atoms with Crippen LogP contribution in [-0.2, 0) is 6.54 Å². The molecular weight excluding hydrogens is 428 g/mol. The fraction of sp³-hybridized carbons (Fsp3) is 0.143. The quantitative estimate of drug-likeness (QED) is 0.242. The topological polar surface area (TPSA) is 181 Å². The van der Waals surface area contributed by atoms with Gasteiger partial charge < -0.3 is 26.1 Å². The largest absolute Gasteiger partial charge is 0.454 e. The van der Waals surface area contributed by atoms with Crippen LogP contribution in [0.1, 0.15) is 26.8 Å². The average Bonchev–Trinajstić information content (AvgIpc) is 3.29. The van der Waals surface area contributed by atoms with E-state index in [4.69, 9.17) is 10.2 Å². The number of anilines is 2. The Morgan fingerprint density at radius 2 is 1.82 bits per heavy atom. The van der Waals surface area contributed by atoms with Gasteiger partial charge in [0.2, 0.25) is 5.95 Å². The summed E-state index contributed by atoms with van der Waals surface area (Å²) in [6, 6.07) is 12.7. The zero-order valence-corrected chi connectivity index (χ0v) is 17.3. The van der Waals surface area contributed by atoms with E-state index in [-0.39, 0.29) is 41.0 Å². The maximum Gasteiger partial charge on any atom is 0.287 e. The zero-order chi connectivity index (χ0) is 23.2. The molecule has 4 aromatic rings. The van der Waals surface area contributed by atoms with Gasteiger partial charge in [-0.3, -0.25) is 19.4 Å². The van der Waals surface area contributed by atoms with Gasteiger partial charge in [0, 0.05) is 18.8 Å². The van der Waals surface area contributed by atoms with Crippen molar-refractivity contribution in [2.75, 3.05) is 24.1 Å². The highest BCUT2D eigenvalue weighted by molar-refractivity contribution is 5.93. The Morgan fingerprint density at radius 3 is 2.64 bits per heavy atom. The van der Waals surface area contributed by atoms with Crippen molar-refractivity contribution in [1.29, 1.82) is 0 Å². The van der Waals surface area contributed by atoms with Crippen LogP contribution in [0.15, 0.2) is 57.9 Å². The standard InChI is InChI=1S/C21H20N8O4/c22-21-28-17-16(20(32)29-21)25-11-14(27-17)18(30)26-10-13-6-7-15(33-13)19(31)24-9-8-23-12-4-2-1-3-5-12/h1-7,11,23H,8-10H2,(H,24,31)(H,26,30)(H3,22,27,28,29,32). The number of aromatic nitrogens is 4. The summed E-state index contributed by atoms with van der Waals surface area (Å²) in [4.78, 5) is 50.5. The van der Waals surface area contributed by atoms with Gasteiger partial charge in [0.25, 0.3) is 17.4 Å². The number of nitrogens with zero attached hydrogens (tertiary/aromatic N) is 3. The lowest BCUT2D eigenvalue weighted by atomic mass is 10.3. The number of aromatic amines is 1. The molecule has 0 aliphatic rings. The molecule has 0 unspecified atom stereocenters. The van der Waals surface area contributed by atoms with Crippen molar-refractivity contribution >= 4 is 34.6 Å². The smallest absolute Gasteiger partial charge is 0.287 e. The number of nitrogens with two attached hydrogens (primary N) is 1. The van der Waals surface area contributed by atoms with E-state index in [1.165, 1.54) is 6.07 Å². The highest BCUT2D eigenvalue weighted by Crippen LogP contribution is 2.09. The molecule has 0 aliphatic heterocycles. The zero-order valence-electron chi connectivity index (χ0n) is 17.3. The maximum absolute atomic E-state index is 12.4. The first-order chi connectivity index (χ1) is 16.0. The molecule has 0 saturated heterocycles. The first kappa shape index (κ1) is 21.5. The second-order valence-electron chi connectivity index (χ2n) is 6.88. The minimum Gasteiger partial charge on any atom is -0.454 e. The number of furan rings is 1. The monoisotopic (exact) mass is 448 g/mol. The van der Waals surface area contributed by atoms with E-state index in [9.17, 15) is 14.4 Å². The molecule has 6 N–H and O–H groups in total. The van der Waals surface area contributed by atoms with Crippen molar-refractivity contribution in [3.63, 3.8) is 0 Å². The summed E-state index contributed by atoms with van der Waals surface area (Å²) in [6.45, 7) is 0.980. The molecule has 3 heterocycles. The van der Waals surface area contributed by atoms with Crippen molar-refractivity contribution in [1.82, 2.24) is 30.6 Å². The average molecular weight is 448 g/mol. The van der Waals surface area contributed by atoms with Gasteiger partial charge in [0.15, 0.2) is 16.9 Å². The summed E-state index contributed by atoms with van der Waals surface area (Å²) < 4.78 is 5.49. The first-order valence-corrected chi connectivity index (χ1v) is 9.96. The third-order valence-electron chi connectivity index (χ3n) is 4.49. The maximum atomic E-state index is 12.4. The minimum absolute atomic E-state index is 0.0202. The molecule has 168 valence electrons. The number of benzene rings is 1. The summed E-state index contributed by atoms with van der Waals surface area (Å²) in [6.07, 6.45) is 1.16. The Morgan fingerprint density at radius 1 is 1.00 bits per heavy atom. The number of fused-ring (bicyclic) bond motifs is 1. The Kier molecular flexibility index (Phi) is 6.25. The van der Waals surface area contributed by atoms with Crippen LogP contribution >= 0.6 is 0 Å². The highest BCUT2D eigenvalue weighted by atomic mass is 16.4. The number of rotatable bonds is 8. The summed E-state index contributed by atoms with van der Waals surface area (Å²) in [7, 11) is 0. The van der Waals surface area contributed by atoms with E-state index in [0.29, 0.717) is 18.8 Å². The van der Waals surface area contributed by atoms with Crippen molar-refractivity contribution in [2.45, 2.75) is 6.54 Å². The second-order valence-corrected chi connectivity index (χ2v) is 6.88. The summed E-state index contributed by atoms with van der Waals surface area (Å²) in [5.41, 5.74) is 5.80. The normalized spacial score (nSPS) is 10.7. The molecule has 2 amide bonds. The van der Waals surface area contributed by atoms with E-state index in [2.05, 4.69) is 35.9 Å². The van der Waals surface area contributed by atoms with E-state index in [0.717, 1.165) is 11.9 Å². The van der Waals surface area contributed by atoms with Gasteiger partial charge in [-0.05, 0) is 24.3 Å². The molecule has 0 radical (unpaired) electrons. The molecule has 3 aromatic heterocycles. The van der Waals surface area contributed by atoms with Crippen molar-refractivity contribution < 1.29 is 14.0 Å². The van der Waals surface area contributed by atoms with E-state index >= 15 is 0 Å². The van der Waals surface area contributed by atoms with Crippen molar-refractivity contribution in [3.8, 4) is 0 Å². The van der Waals surface area contributed by atoms with E-state index in [1.54, 1.807) is 6.07 Å². The van der Waals surface area contributed by atoms with E-state index in [1.807, 2.05) is 30.3 Å². The van der Waals surface area contributed by atoms with Gasteiger partial charge in [-0.15, -0.1) is 0 Å². The highest BCUT2D eigenvalue weighted by Gasteiger charge is 2.14. The van der Waals surface area contributed by atoms with Gasteiger partial charge in [-0.1, -0.05) is 18.2 Å². The second kappa shape index (κ2) is 9.60. The number of carbonyl (C=O) groups is 2. The molecule has 0 atom stereocenters. The molecule has 0 saturated carbocycles. The SMILES string of the molecule is Nc1nc2nc(C(=O)NCc3ccc(C(=O)NCCNc4ccccc4)o3)cnc2c(=O)[nH]1. The first-order valence-electron chi connectivity index (χ1n) is 9.96. The number of amides is 2. The van der Waals surface area contributed by atoms with Gasteiger partial charge in [0.05, 0.1) is 12.7 Å². The van der Waals surface area contributed by atoms with E-state index < -0.39 is 11.5 Å². The molecule has 12 nitrogen and oxygen atoms in total. The Balaban J connectivity index is 1.28. The van der Waals surface area contributed by atoms with Crippen LogP contribution in [0.5, 0.6) is 0 Å². The van der Waals surface area contributed by atoms with Gasteiger partial charge >= 0.3 is 0 Å². The number of carbonyl (C=O) groups excluding carboxylic acids is 2. The molecule has 12 heteroatoms. The predicted molar refractivity (Wildman–Crippen MR) is 120 cm³/mol. The predicted octanol–water partition coefficient (Wildman–Crippen LogP) is 0.660. The number of hydrogen-bond donors (Lipinski definition) is 5. The Labute approximate surface area is 186 Å². The number of H-pyrrole nitrogens is 1. The molecule has 1 aromatic carbocycles. The number of nitrogens with one attached hydrogen (secondary N) is 4. The van der Waals surface area contributed by atoms with Crippen LogP contribution < -0.4 is 27.2 Å². The fourth-order valence-electron chi connectivity index (χ4n) is 2.92. The lowest BCUT2D eigenvalue weighted by Crippen LogP contribution is -2.28. The number of para-hydroxylation sites is 1. The number of hydrogen-bond acceptors (Lipinski definition) is 9. The fourth-order valence-corrected chi connectivity index (χ4v) is 2.92. The molecular formula is C21H20N8O4. The molecule has 0 aliphatic carbocycles. The summed E-state index contributed by atoms with van der Waals surface area (Å²) >= 11 is 0. The number of nitrogen functional groups attached to an aromatic ring is 1. The third kappa shape index (κ3) is 5.31. The van der Waals surface area contributed by atoms with Gasteiger partial charge in [0.1, 0.15) is 11.5 Å². The van der Waals surface area contributed by atoms with Crippen LogP contribution in [-0.4, -0.2) is 44.8 Å². The molecule has 0 bridgehead atoms.